The van der Waals surface area contributed by atoms with Gasteiger partial charge in [-0.25, -0.2) is 22.7 Å². The summed E-state index contributed by atoms with van der Waals surface area (Å²) in [6, 6.07) is 40.2. The normalized spacial score (nSPS) is 20.6. The van der Waals surface area contributed by atoms with Gasteiger partial charge in [0.15, 0.2) is 19.3 Å². The van der Waals surface area contributed by atoms with Gasteiger partial charge in [0.05, 0.1) is 38.7 Å². The maximum Gasteiger partial charge on any atom is 0.411 e. The van der Waals surface area contributed by atoms with Gasteiger partial charge in [0.2, 0.25) is 0 Å². The Morgan fingerprint density at radius 1 is 0.600 bits per heavy atom. The van der Waals surface area contributed by atoms with Gasteiger partial charge in [0.1, 0.15) is 17.0 Å². The standard InChI is InChI=1S/C33H51N5O4SSi.C32H47N5O4SSi.C4H9F3Si/c1-10-28(42-44(32(6,7)8,26-19-13-11-14-20-26)27-21-15-12-16-22-27)33(9)29(25(2)36-43(40)31(3,4)5)38(30(39)41-33)24-18-17-23-35-37-34;1-9-28(41-43(31(5,6)7,25-18-12-10-13-19-25)26-20-14-11-15-21-26)32(8)27(24-35-42(39)30(2,3)4)37(29(38)40-32)23-17-16-22-34-36-33;1-8(2,3)4(5,6)7/h11-16,19-22,25,28-29,36H,10,17-18,23-24H2,1-9H3;10-15,18-21,24,27-28H,9,16-17,22-23H2,1-8H3;1-3H3/t25-,28-,29-,33-,43-;27-,28-,32+,42-;/m11./s1. The molecule has 2 aliphatic heterocycles. The van der Waals surface area contributed by atoms with Gasteiger partial charge in [-0.1, -0.05) is 207 Å². The fraction of sp³-hybridized carbons (Fsp3) is 0.609. The summed E-state index contributed by atoms with van der Waals surface area (Å²) >= 11 is 0. The monoisotopic (exact) mass is 1410 g/mol. The maximum atomic E-state index is 13.7. The maximum absolute atomic E-state index is 13.7. The van der Waals surface area contributed by atoms with E-state index in [-0.39, 0.29) is 16.1 Å². The molecule has 0 unspecified atom stereocenters. The molecule has 6 rings (SSSR count). The van der Waals surface area contributed by atoms with Crippen molar-refractivity contribution in [1.82, 2.24) is 14.5 Å². The van der Waals surface area contributed by atoms with Crippen LogP contribution in [0.2, 0.25) is 29.7 Å². The molecule has 2 aliphatic rings. The molecule has 4 aromatic carbocycles. The van der Waals surface area contributed by atoms with Crippen molar-refractivity contribution in [2.45, 2.75) is 243 Å². The molecule has 0 radical (unpaired) electrons. The van der Waals surface area contributed by atoms with E-state index in [4.69, 9.17) is 29.4 Å². The molecule has 1 N–H and O–H groups in total. The summed E-state index contributed by atoms with van der Waals surface area (Å²) in [5.41, 5.74) is 15.1. The number of nitrogens with zero attached hydrogens (tertiary/aromatic N) is 9. The fourth-order valence-corrected chi connectivity index (χ4v) is 23.2. The van der Waals surface area contributed by atoms with Gasteiger partial charge in [-0.05, 0) is 143 Å². The van der Waals surface area contributed by atoms with Gasteiger partial charge in [0.25, 0.3) is 16.6 Å². The first-order chi connectivity index (χ1) is 44.1. The van der Waals surface area contributed by atoms with Crippen LogP contribution in [0.3, 0.4) is 0 Å². The SMILES string of the molecule is CC[C@@H](O[Si](c1ccccc1)(c1ccccc1)C(C)(C)C)[C@@]1(C)OC(=O)N(CCCCN=[N+]=[N-])[C@@H]1C=N[S@](=O)C(C)(C)C.CC[C@@H](O[Si](c1ccccc1)(c1ccccc1)C(C)(C)C)[C@@]1(C)OC(=O)N(CCCCN=[N+]=[N-])[C@@H]1[C@@H](C)N[S@](=O)C(C)(C)C.C[Si](C)(C)C(F)(F)F. The Hall–Kier alpha value is -5.67. The van der Waals surface area contributed by atoms with Crippen molar-refractivity contribution in [3.8, 4) is 0 Å². The Balaban J connectivity index is 0.000000362. The third kappa shape index (κ3) is 20.2. The van der Waals surface area contributed by atoms with Crippen molar-refractivity contribution in [3.05, 3.63) is 142 Å². The molecule has 0 spiro atoms. The van der Waals surface area contributed by atoms with E-state index in [0.29, 0.717) is 64.7 Å². The molecule has 2 fully saturated rings. The number of rotatable bonds is 27. The Labute approximate surface area is 572 Å². The third-order valence-electron chi connectivity index (χ3n) is 17.4. The molecule has 2 amide bonds. The Morgan fingerprint density at radius 3 is 1.25 bits per heavy atom. The second-order valence-corrected chi connectivity index (χ2v) is 47.2. The lowest BCUT2D eigenvalue weighted by atomic mass is 9.84. The Bertz CT molecular complexity index is 3180. The molecule has 95 heavy (non-hydrogen) atoms. The molecule has 2 saturated heterocycles. The minimum Gasteiger partial charge on any atom is -0.438 e. The van der Waals surface area contributed by atoms with E-state index in [1.54, 1.807) is 16.0 Å². The number of hydrogen-bond donors (Lipinski definition) is 1. The quantitative estimate of drug-likeness (QED) is 0.0150. The van der Waals surface area contributed by atoms with Gasteiger partial charge in [-0.15, -0.1) is 0 Å². The van der Waals surface area contributed by atoms with Gasteiger partial charge >= 0.3 is 18.0 Å². The van der Waals surface area contributed by atoms with Crippen molar-refractivity contribution < 1.29 is 49.5 Å². The number of benzene rings is 4. The number of alkyl halides is 3. The molecule has 18 nitrogen and oxygen atoms in total. The highest BCUT2D eigenvalue weighted by molar-refractivity contribution is 7.85. The predicted molar refractivity (Wildman–Crippen MR) is 389 cm³/mol. The molecule has 2 heterocycles. The van der Waals surface area contributed by atoms with Crippen molar-refractivity contribution in [3.63, 3.8) is 0 Å². The molecule has 0 saturated carbocycles. The van der Waals surface area contributed by atoms with Crippen molar-refractivity contribution in [2.75, 3.05) is 26.2 Å². The summed E-state index contributed by atoms with van der Waals surface area (Å²) in [5.74, 6) is -3.92. The second kappa shape index (κ2) is 34.2. The molecule has 9 atom stereocenters. The number of halogens is 3. The van der Waals surface area contributed by atoms with Crippen molar-refractivity contribution in [2.24, 2.45) is 14.6 Å². The highest BCUT2D eigenvalue weighted by atomic mass is 32.2. The zero-order valence-electron chi connectivity index (χ0n) is 59.8. The first-order valence-corrected chi connectivity index (χ1v) is 42.5. The Morgan fingerprint density at radius 2 is 0.937 bits per heavy atom. The third-order valence-corrected chi connectivity index (χ3v) is 32.2. The summed E-state index contributed by atoms with van der Waals surface area (Å²) in [5, 5.41) is 11.3. The van der Waals surface area contributed by atoms with Gasteiger partial charge in [-0.3, -0.25) is 9.80 Å². The van der Waals surface area contributed by atoms with E-state index in [2.05, 4.69) is 150 Å². The smallest absolute Gasteiger partial charge is 0.411 e. The lowest BCUT2D eigenvalue weighted by Crippen LogP contribution is -2.71. The number of azide groups is 2. The van der Waals surface area contributed by atoms with Crippen LogP contribution in [0.1, 0.15) is 156 Å². The highest BCUT2D eigenvalue weighted by Gasteiger charge is 2.62. The average Bonchev–Trinajstić information content (AvgIpc) is 1.71. The summed E-state index contributed by atoms with van der Waals surface area (Å²) in [6.07, 6.45) is 3.47. The minimum atomic E-state index is -3.92. The van der Waals surface area contributed by atoms with Crippen LogP contribution in [0, 0.1) is 0 Å². The van der Waals surface area contributed by atoms with Crippen molar-refractivity contribution >= 4 is 85.8 Å². The highest BCUT2D eigenvalue weighted by Crippen LogP contribution is 2.45. The van der Waals surface area contributed by atoms with E-state index in [1.807, 2.05) is 118 Å². The topological polar surface area (TPSA) is 234 Å². The van der Waals surface area contributed by atoms with Crippen LogP contribution in [0.5, 0.6) is 0 Å². The first-order valence-electron chi connectivity index (χ1n) is 32.9. The number of unbranched alkanes of at least 4 members (excludes halogenated alkanes) is 2. The number of ether oxygens (including phenoxy) is 2. The van der Waals surface area contributed by atoms with Crippen molar-refractivity contribution in [1.29, 1.82) is 0 Å². The number of carbonyl (C=O) groups excluding carboxylic acids is 2. The van der Waals surface area contributed by atoms with Gasteiger partial charge < -0.3 is 18.3 Å². The number of nitrogens with one attached hydrogen (secondary N) is 1. The van der Waals surface area contributed by atoms with Crippen LogP contribution >= 0.6 is 0 Å². The minimum absolute atomic E-state index is 0.268. The van der Waals surface area contributed by atoms with Crippen LogP contribution in [0.15, 0.2) is 136 Å². The van der Waals surface area contributed by atoms with E-state index < -0.39 is 110 Å². The largest absolute Gasteiger partial charge is 0.438 e. The molecule has 4 aromatic rings. The summed E-state index contributed by atoms with van der Waals surface area (Å²) in [4.78, 5) is 36.3. The molecule has 0 aliphatic carbocycles. The van der Waals surface area contributed by atoms with Crippen LogP contribution in [0.4, 0.5) is 22.8 Å². The van der Waals surface area contributed by atoms with E-state index in [1.165, 1.54) is 19.6 Å². The summed E-state index contributed by atoms with van der Waals surface area (Å²) in [6.45, 7) is 40.1. The van der Waals surface area contributed by atoms with Gasteiger partial charge in [-0.2, -0.15) is 17.6 Å². The summed E-state index contributed by atoms with van der Waals surface area (Å²) < 4.78 is 95.7. The zero-order chi connectivity index (χ0) is 71.7. The lowest BCUT2D eigenvalue weighted by molar-refractivity contribution is -0.0572. The van der Waals surface area contributed by atoms with E-state index in [0.717, 1.165) is 20.7 Å². The second-order valence-electron chi connectivity index (χ2n) is 29.7. The number of cyclic esters (lactones) is 2. The predicted octanol–water partition coefficient (Wildman–Crippen LogP) is 15.4. The fourth-order valence-electron chi connectivity index (χ4n) is 12.1. The van der Waals surface area contributed by atoms with Crippen LogP contribution in [-0.2, 0) is 40.3 Å². The van der Waals surface area contributed by atoms with Crippen LogP contribution in [-0.4, -0.2) is 144 Å². The zero-order valence-corrected chi connectivity index (χ0v) is 64.5. The molecule has 26 heteroatoms. The molecule has 0 aromatic heterocycles. The number of amides is 2. The number of hydrogen-bond acceptors (Lipinski definition) is 10. The Kier molecular flexibility index (Phi) is 29.4. The molecule has 526 valence electrons. The van der Waals surface area contributed by atoms with Crippen LogP contribution < -0.4 is 25.5 Å². The van der Waals surface area contributed by atoms with E-state index in [9.17, 15) is 31.2 Å². The molecular formula is C69H107F3N10O8S2Si3. The average molecular weight is 1410 g/mol. The summed E-state index contributed by atoms with van der Waals surface area (Å²) in [7, 11) is -11.7. The molecule has 0 bridgehead atoms. The van der Waals surface area contributed by atoms with E-state index >= 15 is 0 Å². The first kappa shape index (κ1) is 81.8. The molecular weight excluding hydrogens is 1300 g/mol. The lowest BCUT2D eigenvalue weighted by Gasteiger charge is -2.49. The van der Waals surface area contributed by atoms with Crippen LogP contribution in [0.25, 0.3) is 20.9 Å². The van der Waals surface area contributed by atoms with Gasteiger partial charge in [0, 0.05) is 48.3 Å². The number of carbonyl (C=O) groups is 2.